The van der Waals surface area contributed by atoms with Crippen LogP contribution in [0, 0.1) is 11.6 Å². The van der Waals surface area contributed by atoms with Crippen molar-refractivity contribution in [3.8, 4) is 0 Å². The van der Waals surface area contributed by atoms with E-state index in [1.807, 2.05) is 0 Å². The number of benzene rings is 2. The summed E-state index contributed by atoms with van der Waals surface area (Å²) in [4.78, 5) is 23.1. The summed E-state index contributed by atoms with van der Waals surface area (Å²) in [6.45, 7) is 1.72. The predicted molar refractivity (Wildman–Crippen MR) is 84.5 cm³/mol. The van der Waals surface area contributed by atoms with Crippen molar-refractivity contribution in [3.63, 3.8) is 0 Å². The number of anilines is 2. The lowest BCUT2D eigenvalue weighted by Gasteiger charge is -2.08. The maximum atomic E-state index is 13.0. The van der Waals surface area contributed by atoms with Crippen molar-refractivity contribution in [2.75, 3.05) is 17.2 Å². The van der Waals surface area contributed by atoms with E-state index in [1.54, 1.807) is 24.3 Å². The zero-order valence-electron chi connectivity index (χ0n) is 12.5. The lowest BCUT2D eigenvalue weighted by molar-refractivity contribution is -0.115. The van der Waals surface area contributed by atoms with Gasteiger partial charge in [-0.15, -0.1) is 0 Å². The molecule has 0 saturated carbocycles. The first-order chi connectivity index (χ1) is 11.0. The van der Waals surface area contributed by atoms with Crippen LogP contribution in [-0.4, -0.2) is 18.2 Å². The molecule has 0 atom stereocenters. The summed E-state index contributed by atoms with van der Waals surface area (Å²) in [5, 5.41) is 5.52. The van der Waals surface area contributed by atoms with Crippen molar-refractivity contribution in [1.82, 2.24) is 0 Å². The van der Waals surface area contributed by atoms with Crippen LogP contribution in [0.1, 0.15) is 23.7 Å². The number of carbonyl (C=O) groups is 2. The monoisotopic (exact) mass is 318 g/mol. The average molecular weight is 318 g/mol. The second-order valence-corrected chi connectivity index (χ2v) is 4.99. The SMILES string of the molecule is CC(=O)c1cccc(NC(=O)CCNc2ccc(F)c(F)c2)c1. The van der Waals surface area contributed by atoms with Gasteiger partial charge in [-0.1, -0.05) is 12.1 Å². The van der Waals surface area contributed by atoms with Crippen LogP contribution >= 0.6 is 0 Å². The Morgan fingerprint density at radius 1 is 1.00 bits per heavy atom. The zero-order valence-corrected chi connectivity index (χ0v) is 12.5. The highest BCUT2D eigenvalue weighted by atomic mass is 19.2. The maximum absolute atomic E-state index is 13.0. The number of Topliss-reactive ketones (excluding diaryl/α,β-unsaturated/α-hetero) is 1. The van der Waals surface area contributed by atoms with Crippen molar-refractivity contribution < 1.29 is 18.4 Å². The third-order valence-electron chi connectivity index (χ3n) is 3.15. The molecule has 0 bridgehead atoms. The topological polar surface area (TPSA) is 58.2 Å². The molecule has 2 aromatic rings. The molecule has 23 heavy (non-hydrogen) atoms. The van der Waals surface area contributed by atoms with Crippen LogP contribution in [0.25, 0.3) is 0 Å². The quantitative estimate of drug-likeness (QED) is 0.800. The highest BCUT2D eigenvalue weighted by Crippen LogP contribution is 2.14. The highest BCUT2D eigenvalue weighted by molar-refractivity contribution is 5.97. The highest BCUT2D eigenvalue weighted by Gasteiger charge is 2.06. The van der Waals surface area contributed by atoms with Crippen LogP contribution < -0.4 is 10.6 Å². The lowest BCUT2D eigenvalue weighted by Crippen LogP contribution is -2.16. The van der Waals surface area contributed by atoms with Crippen LogP contribution in [-0.2, 0) is 4.79 Å². The average Bonchev–Trinajstić information content (AvgIpc) is 2.51. The lowest BCUT2D eigenvalue weighted by atomic mass is 10.1. The second kappa shape index (κ2) is 7.49. The van der Waals surface area contributed by atoms with Crippen LogP contribution in [0.15, 0.2) is 42.5 Å². The molecule has 0 fully saturated rings. The molecule has 0 saturated heterocycles. The van der Waals surface area contributed by atoms with Crippen molar-refractivity contribution in [2.24, 2.45) is 0 Å². The Balaban J connectivity index is 1.84. The fraction of sp³-hybridized carbons (Fsp3) is 0.176. The minimum Gasteiger partial charge on any atom is -0.384 e. The first-order valence-electron chi connectivity index (χ1n) is 7.05. The van der Waals surface area contributed by atoms with E-state index in [0.717, 1.165) is 12.1 Å². The van der Waals surface area contributed by atoms with Gasteiger partial charge < -0.3 is 10.6 Å². The summed E-state index contributed by atoms with van der Waals surface area (Å²) in [7, 11) is 0. The Morgan fingerprint density at radius 2 is 1.78 bits per heavy atom. The number of amides is 1. The van der Waals surface area contributed by atoms with E-state index in [-0.39, 0.29) is 24.7 Å². The second-order valence-electron chi connectivity index (χ2n) is 4.99. The summed E-state index contributed by atoms with van der Waals surface area (Å²) in [5.41, 5.74) is 1.45. The van der Waals surface area contributed by atoms with Gasteiger partial charge in [-0.3, -0.25) is 9.59 Å². The molecule has 4 nitrogen and oxygen atoms in total. The van der Waals surface area contributed by atoms with Gasteiger partial charge in [0.1, 0.15) is 0 Å². The van der Waals surface area contributed by atoms with Crippen molar-refractivity contribution in [2.45, 2.75) is 13.3 Å². The molecule has 2 aromatic carbocycles. The first-order valence-corrected chi connectivity index (χ1v) is 7.05. The van der Waals surface area contributed by atoms with Gasteiger partial charge in [-0.25, -0.2) is 8.78 Å². The number of hydrogen-bond acceptors (Lipinski definition) is 3. The molecule has 0 radical (unpaired) electrons. The molecule has 1 amide bonds. The summed E-state index contributed by atoms with van der Waals surface area (Å²) >= 11 is 0. The first kappa shape index (κ1) is 16.6. The van der Waals surface area contributed by atoms with Gasteiger partial charge in [0.25, 0.3) is 0 Å². The van der Waals surface area contributed by atoms with E-state index in [1.165, 1.54) is 13.0 Å². The summed E-state index contributed by atoms with van der Waals surface area (Å²) < 4.78 is 25.8. The van der Waals surface area contributed by atoms with Crippen molar-refractivity contribution in [3.05, 3.63) is 59.7 Å². The molecular weight excluding hydrogens is 302 g/mol. The van der Waals surface area contributed by atoms with Gasteiger partial charge in [-0.2, -0.15) is 0 Å². The molecule has 0 aliphatic heterocycles. The Morgan fingerprint density at radius 3 is 2.48 bits per heavy atom. The fourth-order valence-electron chi connectivity index (χ4n) is 1.97. The molecule has 2 N–H and O–H groups in total. The van der Waals surface area contributed by atoms with Crippen molar-refractivity contribution >= 4 is 23.1 Å². The number of carbonyl (C=O) groups excluding carboxylic acids is 2. The molecule has 0 aromatic heterocycles. The minimum absolute atomic E-state index is 0.0823. The zero-order chi connectivity index (χ0) is 16.8. The minimum atomic E-state index is -0.944. The van der Waals surface area contributed by atoms with Gasteiger partial charge >= 0.3 is 0 Å². The normalized spacial score (nSPS) is 10.2. The van der Waals surface area contributed by atoms with Gasteiger partial charge in [-0.05, 0) is 37.3 Å². The number of ketones is 1. The van der Waals surface area contributed by atoms with E-state index < -0.39 is 11.6 Å². The molecular formula is C17H16F2N2O2. The molecule has 2 rings (SSSR count). The number of nitrogens with one attached hydrogen (secondary N) is 2. The Hall–Kier alpha value is -2.76. The maximum Gasteiger partial charge on any atom is 0.226 e. The van der Waals surface area contributed by atoms with Gasteiger partial charge in [0.15, 0.2) is 17.4 Å². The van der Waals surface area contributed by atoms with E-state index in [4.69, 9.17) is 0 Å². The molecule has 0 aliphatic carbocycles. The van der Waals surface area contributed by atoms with E-state index in [9.17, 15) is 18.4 Å². The molecule has 0 aliphatic rings. The number of halogens is 2. The van der Waals surface area contributed by atoms with E-state index in [0.29, 0.717) is 16.9 Å². The van der Waals surface area contributed by atoms with Crippen molar-refractivity contribution in [1.29, 1.82) is 0 Å². The molecule has 6 heteroatoms. The Kier molecular flexibility index (Phi) is 5.41. The predicted octanol–water partition coefficient (Wildman–Crippen LogP) is 3.61. The van der Waals surface area contributed by atoms with Crippen LogP contribution in [0.5, 0.6) is 0 Å². The van der Waals surface area contributed by atoms with E-state index in [2.05, 4.69) is 10.6 Å². The summed E-state index contributed by atoms with van der Waals surface area (Å²) in [6.07, 6.45) is 0.142. The molecule has 120 valence electrons. The van der Waals surface area contributed by atoms with E-state index >= 15 is 0 Å². The molecule has 0 spiro atoms. The molecule has 0 unspecified atom stereocenters. The molecule has 0 heterocycles. The summed E-state index contributed by atoms with van der Waals surface area (Å²) in [6, 6.07) is 10.1. The largest absolute Gasteiger partial charge is 0.384 e. The van der Waals surface area contributed by atoms with Gasteiger partial charge in [0.05, 0.1) is 0 Å². The van der Waals surface area contributed by atoms with Gasteiger partial charge in [0.2, 0.25) is 5.91 Å². The van der Waals surface area contributed by atoms with Gasteiger partial charge in [0, 0.05) is 29.9 Å². The summed E-state index contributed by atoms with van der Waals surface area (Å²) in [5.74, 6) is -2.19. The number of hydrogen-bond donors (Lipinski definition) is 2. The van der Waals surface area contributed by atoms with Crippen LogP contribution in [0.2, 0.25) is 0 Å². The standard InChI is InChI=1S/C17H16F2N2O2/c1-11(22)12-3-2-4-14(9-12)21-17(23)7-8-20-13-5-6-15(18)16(19)10-13/h2-6,9-10,20H,7-8H2,1H3,(H,21,23). The van der Waals surface area contributed by atoms with Crippen LogP contribution in [0.3, 0.4) is 0 Å². The Bertz CT molecular complexity index is 732. The third kappa shape index (κ3) is 4.88. The third-order valence-corrected chi connectivity index (χ3v) is 3.15. The van der Waals surface area contributed by atoms with Crippen LogP contribution in [0.4, 0.5) is 20.2 Å². The Labute approximate surface area is 132 Å². The number of rotatable bonds is 6. The fourth-order valence-corrected chi connectivity index (χ4v) is 1.97. The smallest absolute Gasteiger partial charge is 0.226 e.